The minimum atomic E-state index is -0.214. The van der Waals surface area contributed by atoms with E-state index in [0.717, 1.165) is 33.1 Å². The van der Waals surface area contributed by atoms with E-state index in [9.17, 15) is 4.79 Å². The first-order valence-electron chi connectivity index (χ1n) is 6.90. The van der Waals surface area contributed by atoms with E-state index < -0.39 is 0 Å². The molecule has 0 atom stereocenters. The van der Waals surface area contributed by atoms with Crippen molar-refractivity contribution in [3.63, 3.8) is 0 Å². The van der Waals surface area contributed by atoms with Crippen molar-refractivity contribution in [1.29, 1.82) is 0 Å². The Morgan fingerprint density at radius 3 is 2.68 bits per heavy atom. The van der Waals surface area contributed by atoms with Crippen molar-refractivity contribution in [3.8, 4) is 0 Å². The molecule has 3 N–H and O–H groups in total. The standard InChI is InChI=1S/C16H13N5O/c1-9-2-4-10(5-3-9)18-16(22)15-11-6-7-13-12(8-17-19-13)14(11)20-21-15/h2-8H,1H3,(H,17,19)(H,18,22)(H,20,21). The van der Waals surface area contributed by atoms with E-state index in [2.05, 4.69) is 25.7 Å². The van der Waals surface area contributed by atoms with Gasteiger partial charge in [-0.15, -0.1) is 0 Å². The Labute approximate surface area is 125 Å². The van der Waals surface area contributed by atoms with Crippen molar-refractivity contribution in [2.24, 2.45) is 0 Å². The number of fused-ring (bicyclic) bond motifs is 3. The van der Waals surface area contributed by atoms with Crippen molar-refractivity contribution in [3.05, 3.63) is 53.9 Å². The van der Waals surface area contributed by atoms with Gasteiger partial charge in [0.05, 0.1) is 11.7 Å². The molecule has 6 heteroatoms. The molecule has 22 heavy (non-hydrogen) atoms. The van der Waals surface area contributed by atoms with E-state index in [-0.39, 0.29) is 5.91 Å². The van der Waals surface area contributed by atoms with Crippen LogP contribution in [0, 0.1) is 6.92 Å². The summed E-state index contributed by atoms with van der Waals surface area (Å²) in [4.78, 5) is 12.4. The quantitative estimate of drug-likeness (QED) is 0.530. The van der Waals surface area contributed by atoms with Crippen LogP contribution in [-0.4, -0.2) is 26.3 Å². The van der Waals surface area contributed by atoms with E-state index in [4.69, 9.17) is 0 Å². The molecule has 0 aliphatic rings. The number of carbonyl (C=O) groups excluding carboxylic acids is 1. The van der Waals surface area contributed by atoms with Gasteiger partial charge in [-0.1, -0.05) is 17.7 Å². The Kier molecular flexibility index (Phi) is 2.69. The second-order valence-corrected chi connectivity index (χ2v) is 5.21. The smallest absolute Gasteiger partial charge is 0.274 e. The van der Waals surface area contributed by atoms with E-state index >= 15 is 0 Å². The molecule has 108 valence electrons. The molecule has 0 bridgehead atoms. The normalized spacial score (nSPS) is 11.1. The highest BCUT2D eigenvalue weighted by atomic mass is 16.1. The zero-order valence-electron chi connectivity index (χ0n) is 11.8. The first-order valence-corrected chi connectivity index (χ1v) is 6.90. The molecule has 0 saturated heterocycles. The summed E-state index contributed by atoms with van der Waals surface area (Å²) < 4.78 is 0. The lowest BCUT2D eigenvalue weighted by Gasteiger charge is -2.04. The molecule has 1 amide bonds. The van der Waals surface area contributed by atoms with E-state index in [1.54, 1.807) is 6.20 Å². The number of hydrogen-bond donors (Lipinski definition) is 3. The van der Waals surface area contributed by atoms with Crippen LogP contribution in [-0.2, 0) is 0 Å². The lowest BCUT2D eigenvalue weighted by atomic mass is 10.1. The molecule has 0 saturated carbocycles. The summed E-state index contributed by atoms with van der Waals surface area (Å²) in [6.45, 7) is 2.00. The first-order chi connectivity index (χ1) is 10.7. The highest BCUT2D eigenvalue weighted by molar-refractivity contribution is 6.15. The van der Waals surface area contributed by atoms with Gasteiger partial charge in [-0.05, 0) is 31.2 Å². The van der Waals surface area contributed by atoms with Crippen LogP contribution in [0.5, 0.6) is 0 Å². The Bertz CT molecular complexity index is 981. The number of carbonyl (C=O) groups is 1. The van der Waals surface area contributed by atoms with Crippen LogP contribution in [0.1, 0.15) is 16.1 Å². The fourth-order valence-electron chi connectivity index (χ4n) is 2.50. The van der Waals surface area contributed by atoms with Gasteiger partial charge in [-0.3, -0.25) is 15.0 Å². The van der Waals surface area contributed by atoms with Gasteiger partial charge in [0.1, 0.15) is 11.2 Å². The molecule has 0 unspecified atom stereocenters. The number of nitrogens with zero attached hydrogens (tertiary/aromatic N) is 2. The Morgan fingerprint density at radius 1 is 1.05 bits per heavy atom. The highest BCUT2D eigenvalue weighted by Crippen LogP contribution is 2.24. The molecule has 2 heterocycles. The molecule has 2 aromatic heterocycles. The average molecular weight is 291 g/mol. The summed E-state index contributed by atoms with van der Waals surface area (Å²) in [6, 6.07) is 11.4. The maximum absolute atomic E-state index is 12.4. The van der Waals surface area contributed by atoms with Gasteiger partial charge >= 0.3 is 0 Å². The summed E-state index contributed by atoms with van der Waals surface area (Å²) in [5, 5.41) is 18.5. The fourth-order valence-corrected chi connectivity index (χ4v) is 2.50. The first kappa shape index (κ1) is 12.6. The lowest BCUT2D eigenvalue weighted by Crippen LogP contribution is -2.12. The summed E-state index contributed by atoms with van der Waals surface area (Å²) in [6.07, 6.45) is 1.71. The van der Waals surface area contributed by atoms with Crippen molar-refractivity contribution >= 4 is 33.4 Å². The number of amides is 1. The fraction of sp³-hybridized carbons (Fsp3) is 0.0625. The second-order valence-electron chi connectivity index (χ2n) is 5.21. The Balaban J connectivity index is 1.73. The third kappa shape index (κ3) is 1.93. The van der Waals surface area contributed by atoms with Crippen molar-refractivity contribution < 1.29 is 4.79 Å². The summed E-state index contributed by atoms with van der Waals surface area (Å²) in [7, 11) is 0. The molecule has 2 aromatic carbocycles. The number of rotatable bonds is 2. The van der Waals surface area contributed by atoms with Crippen LogP contribution in [0.25, 0.3) is 21.8 Å². The van der Waals surface area contributed by atoms with Gasteiger partial charge in [0.15, 0.2) is 0 Å². The van der Waals surface area contributed by atoms with Crippen molar-refractivity contribution in [2.75, 3.05) is 5.32 Å². The van der Waals surface area contributed by atoms with Gasteiger partial charge in [-0.25, -0.2) is 0 Å². The minimum Gasteiger partial charge on any atom is -0.321 e. The lowest BCUT2D eigenvalue weighted by molar-refractivity contribution is 0.102. The summed E-state index contributed by atoms with van der Waals surface area (Å²) in [5.41, 5.74) is 3.97. The number of nitrogens with one attached hydrogen (secondary N) is 3. The van der Waals surface area contributed by atoms with Gasteiger partial charge in [-0.2, -0.15) is 10.2 Å². The van der Waals surface area contributed by atoms with E-state index in [1.165, 1.54) is 0 Å². The number of H-pyrrole nitrogens is 2. The number of hydrogen-bond acceptors (Lipinski definition) is 3. The maximum Gasteiger partial charge on any atom is 0.274 e. The number of aryl methyl sites for hydroxylation is 1. The summed E-state index contributed by atoms with van der Waals surface area (Å²) >= 11 is 0. The molecule has 0 aliphatic carbocycles. The number of benzene rings is 2. The van der Waals surface area contributed by atoms with E-state index in [0.29, 0.717) is 5.69 Å². The molecule has 0 fully saturated rings. The molecule has 0 spiro atoms. The van der Waals surface area contributed by atoms with Crippen LogP contribution in [0.15, 0.2) is 42.6 Å². The monoisotopic (exact) mass is 291 g/mol. The SMILES string of the molecule is Cc1ccc(NC(=O)c2[nH]nc3c2ccc2[nH]ncc23)cc1. The topological polar surface area (TPSA) is 86.5 Å². The third-order valence-electron chi connectivity index (χ3n) is 3.68. The zero-order valence-corrected chi connectivity index (χ0v) is 11.8. The molecular formula is C16H13N5O. The second kappa shape index (κ2) is 4.70. The van der Waals surface area contributed by atoms with Gasteiger partial charge in [0.2, 0.25) is 0 Å². The Hall–Kier alpha value is -3.15. The molecule has 4 aromatic rings. The zero-order chi connectivity index (χ0) is 15.1. The van der Waals surface area contributed by atoms with Crippen LogP contribution < -0.4 is 5.32 Å². The molecule has 0 aliphatic heterocycles. The molecule has 0 radical (unpaired) electrons. The van der Waals surface area contributed by atoms with Gasteiger partial charge in [0.25, 0.3) is 5.91 Å². The number of anilines is 1. The number of aromatic amines is 2. The molecule has 4 rings (SSSR count). The van der Waals surface area contributed by atoms with Gasteiger partial charge in [0, 0.05) is 16.5 Å². The number of aromatic nitrogens is 4. The maximum atomic E-state index is 12.4. The van der Waals surface area contributed by atoms with Crippen LogP contribution in [0.3, 0.4) is 0 Å². The Morgan fingerprint density at radius 2 is 1.86 bits per heavy atom. The molecule has 6 nitrogen and oxygen atoms in total. The van der Waals surface area contributed by atoms with Crippen molar-refractivity contribution in [2.45, 2.75) is 6.92 Å². The van der Waals surface area contributed by atoms with Crippen LogP contribution in [0.4, 0.5) is 5.69 Å². The third-order valence-corrected chi connectivity index (χ3v) is 3.68. The van der Waals surface area contributed by atoms with Crippen LogP contribution >= 0.6 is 0 Å². The average Bonchev–Trinajstić information content (AvgIpc) is 3.14. The predicted molar refractivity (Wildman–Crippen MR) is 84.9 cm³/mol. The van der Waals surface area contributed by atoms with Crippen molar-refractivity contribution in [1.82, 2.24) is 20.4 Å². The predicted octanol–water partition coefficient (Wildman–Crippen LogP) is 3.00. The van der Waals surface area contributed by atoms with Crippen LogP contribution in [0.2, 0.25) is 0 Å². The molecular weight excluding hydrogens is 278 g/mol. The van der Waals surface area contributed by atoms with Gasteiger partial charge < -0.3 is 5.32 Å². The largest absolute Gasteiger partial charge is 0.321 e. The minimum absolute atomic E-state index is 0.214. The highest BCUT2D eigenvalue weighted by Gasteiger charge is 2.15. The summed E-state index contributed by atoms with van der Waals surface area (Å²) in [5.74, 6) is -0.214. The van der Waals surface area contributed by atoms with E-state index in [1.807, 2.05) is 43.3 Å².